The molecule has 1 aromatic carbocycles. The highest BCUT2D eigenvalue weighted by Gasteiger charge is 2.20. The van der Waals surface area contributed by atoms with Crippen LogP contribution in [0.2, 0.25) is 5.02 Å². The number of rotatable bonds is 7. The van der Waals surface area contributed by atoms with Gasteiger partial charge in [-0.05, 0) is 49.3 Å². The second kappa shape index (κ2) is 11.0. The molecule has 1 unspecified atom stereocenters. The van der Waals surface area contributed by atoms with Gasteiger partial charge in [0.05, 0.1) is 13.2 Å². The number of nitrogens with zero attached hydrogens (tertiary/aromatic N) is 4. The van der Waals surface area contributed by atoms with Gasteiger partial charge < -0.3 is 19.1 Å². The normalized spacial score (nSPS) is 15.9. The smallest absolute Gasteiger partial charge is 0.332 e. The summed E-state index contributed by atoms with van der Waals surface area (Å²) in [4.78, 5) is 30.8. The Bertz CT molecular complexity index is 1320. The Hall–Kier alpha value is -2.90. The third-order valence-electron chi connectivity index (χ3n) is 5.73. The fourth-order valence-corrected chi connectivity index (χ4v) is 4.12. The Morgan fingerprint density at radius 1 is 1.24 bits per heavy atom. The molecule has 2 aromatic heterocycles. The van der Waals surface area contributed by atoms with Gasteiger partial charge in [0, 0.05) is 25.2 Å². The summed E-state index contributed by atoms with van der Waals surface area (Å²) < 4.78 is 15.5. The van der Waals surface area contributed by atoms with E-state index in [-0.39, 0.29) is 30.6 Å². The average molecular weight is 487 g/mol. The van der Waals surface area contributed by atoms with Crippen molar-refractivity contribution in [1.82, 2.24) is 18.7 Å². The van der Waals surface area contributed by atoms with Crippen molar-refractivity contribution in [3.63, 3.8) is 0 Å². The van der Waals surface area contributed by atoms with Crippen LogP contribution >= 0.6 is 11.6 Å². The number of hydrogen-bond donors (Lipinski definition) is 1. The van der Waals surface area contributed by atoms with Gasteiger partial charge in [-0.3, -0.25) is 13.9 Å². The number of aromatic nitrogens is 4. The molecular weight excluding hydrogens is 460 g/mol. The van der Waals surface area contributed by atoms with E-state index < -0.39 is 11.2 Å². The zero-order chi connectivity index (χ0) is 24.1. The summed E-state index contributed by atoms with van der Waals surface area (Å²) in [5.41, 5.74) is 0.510. The van der Waals surface area contributed by atoms with Crippen LogP contribution in [-0.2, 0) is 29.6 Å². The Labute approximate surface area is 201 Å². The Balaban J connectivity index is 1.68. The molecule has 0 aliphatic carbocycles. The van der Waals surface area contributed by atoms with Gasteiger partial charge in [-0.15, -0.1) is 0 Å². The molecule has 3 heterocycles. The van der Waals surface area contributed by atoms with E-state index in [1.54, 1.807) is 23.7 Å². The average Bonchev–Trinajstić information content (AvgIpc) is 3.21. The third-order valence-corrected chi connectivity index (χ3v) is 5.99. The minimum atomic E-state index is -0.454. The van der Waals surface area contributed by atoms with Gasteiger partial charge in [-0.1, -0.05) is 29.7 Å². The lowest BCUT2D eigenvalue weighted by Gasteiger charge is -2.22. The largest absolute Gasteiger partial charge is 0.384 e. The SMILES string of the molecule is Cn1c(=O)n(CCCOC2CCCCO2)c(=O)c2c1nc(C#CCO)n2Cc1ccc(Cl)cc1. The van der Waals surface area contributed by atoms with Crippen LogP contribution in [0, 0.1) is 11.8 Å². The first-order valence-electron chi connectivity index (χ1n) is 11.3. The maximum Gasteiger partial charge on any atom is 0.332 e. The zero-order valence-electron chi connectivity index (χ0n) is 19.0. The fraction of sp³-hybridized carbons (Fsp3) is 0.458. The van der Waals surface area contributed by atoms with Crippen molar-refractivity contribution < 1.29 is 14.6 Å². The number of benzene rings is 1. The number of aliphatic hydroxyl groups excluding tert-OH is 1. The van der Waals surface area contributed by atoms with Gasteiger partial charge in [-0.2, -0.15) is 0 Å². The molecule has 1 N–H and O–H groups in total. The van der Waals surface area contributed by atoms with E-state index in [0.29, 0.717) is 37.0 Å². The van der Waals surface area contributed by atoms with Crippen molar-refractivity contribution >= 4 is 22.8 Å². The van der Waals surface area contributed by atoms with E-state index in [1.807, 2.05) is 12.1 Å². The van der Waals surface area contributed by atoms with Crippen LogP contribution < -0.4 is 11.2 Å². The fourth-order valence-electron chi connectivity index (χ4n) is 3.99. The lowest BCUT2D eigenvalue weighted by Crippen LogP contribution is -2.40. The Morgan fingerprint density at radius 3 is 2.74 bits per heavy atom. The van der Waals surface area contributed by atoms with Gasteiger partial charge in [0.2, 0.25) is 0 Å². The quantitative estimate of drug-likeness (QED) is 0.404. The number of aliphatic hydroxyl groups is 1. The monoisotopic (exact) mass is 486 g/mol. The molecule has 1 aliphatic rings. The van der Waals surface area contributed by atoms with Crippen LogP contribution in [0.1, 0.15) is 37.1 Å². The van der Waals surface area contributed by atoms with Crippen molar-refractivity contribution in [2.45, 2.75) is 45.1 Å². The highest BCUT2D eigenvalue weighted by Crippen LogP contribution is 2.16. The van der Waals surface area contributed by atoms with Crippen LogP contribution in [0.25, 0.3) is 11.2 Å². The maximum absolute atomic E-state index is 13.5. The summed E-state index contributed by atoms with van der Waals surface area (Å²) in [6.45, 7) is 1.24. The van der Waals surface area contributed by atoms with E-state index in [9.17, 15) is 9.59 Å². The second-order valence-electron chi connectivity index (χ2n) is 8.10. The van der Waals surface area contributed by atoms with Gasteiger partial charge in [0.1, 0.15) is 6.61 Å². The summed E-state index contributed by atoms with van der Waals surface area (Å²) in [5, 5.41) is 9.76. The Kier molecular flexibility index (Phi) is 7.85. The predicted molar refractivity (Wildman–Crippen MR) is 128 cm³/mol. The summed E-state index contributed by atoms with van der Waals surface area (Å²) >= 11 is 6.00. The first-order chi connectivity index (χ1) is 16.5. The molecule has 0 bridgehead atoms. The lowest BCUT2D eigenvalue weighted by atomic mass is 10.2. The number of aryl methyl sites for hydroxylation is 1. The molecule has 1 aliphatic heterocycles. The van der Waals surface area contributed by atoms with Crippen molar-refractivity contribution in [2.24, 2.45) is 7.05 Å². The first-order valence-corrected chi connectivity index (χ1v) is 11.6. The molecular formula is C24H27ClN4O5. The number of fused-ring (bicyclic) bond motifs is 1. The van der Waals surface area contributed by atoms with Crippen LogP contribution in [0.15, 0.2) is 33.9 Å². The minimum absolute atomic E-state index is 0.206. The minimum Gasteiger partial charge on any atom is -0.384 e. The summed E-state index contributed by atoms with van der Waals surface area (Å²) in [6.07, 6.45) is 3.24. The molecule has 0 amide bonds. The highest BCUT2D eigenvalue weighted by molar-refractivity contribution is 6.30. The van der Waals surface area contributed by atoms with Crippen molar-refractivity contribution in [1.29, 1.82) is 0 Å². The molecule has 10 heteroatoms. The molecule has 1 atom stereocenters. The standard InChI is InChI=1S/C24H27ClN4O5/c1-27-22-21(23(31)28(24(27)32)12-5-15-34-20-7-2-3-14-33-20)29(19(26-22)6-4-13-30)16-17-8-10-18(25)11-9-17/h8-11,20,30H,2-3,5,7,12-16H2,1H3. The van der Waals surface area contributed by atoms with Gasteiger partial charge in [-0.25, -0.2) is 9.78 Å². The number of imidazole rings is 1. The van der Waals surface area contributed by atoms with Crippen LogP contribution in [0.5, 0.6) is 0 Å². The number of halogens is 1. The molecule has 1 saturated heterocycles. The summed E-state index contributed by atoms with van der Waals surface area (Å²) in [7, 11) is 1.58. The van der Waals surface area contributed by atoms with Gasteiger partial charge in [0.25, 0.3) is 5.56 Å². The number of hydrogen-bond acceptors (Lipinski definition) is 6. The van der Waals surface area contributed by atoms with Gasteiger partial charge >= 0.3 is 5.69 Å². The van der Waals surface area contributed by atoms with Crippen molar-refractivity contribution in [2.75, 3.05) is 19.8 Å². The van der Waals surface area contributed by atoms with Crippen LogP contribution in [-0.4, -0.2) is 49.9 Å². The molecule has 0 radical (unpaired) electrons. The maximum atomic E-state index is 13.5. The van der Waals surface area contributed by atoms with Crippen LogP contribution in [0.3, 0.4) is 0 Å². The van der Waals surface area contributed by atoms with E-state index >= 15 is 0 Å². The molecule has 3 aromatic rings. The molecule has 4 rings (SSSR count). The first kappa shape index (κ1) is 24.2. The lowest BCUT2D eigenvalue weighted by molar-refractivity contribution is -0.163. The molecule has 34 heavy (non-hydrogen) atoms. The van der Waals surface area contributed by atoms with E-state index in [2.05, 4.69) is 16.8 Å². The molecule has 1 fully saturated rings. The summed E-state index contributed by atoms with van der Waals surface area (Å²) in [5.74, 6) is 5.67. The van der Waals surface area contributed by atoms with Crippen LogP contribution in [0.4, 0.5) is 0 Å². The van der Waals surface area contributed by atoms with Gasteiger partial charge in [0.15, 0.2) is 23.3 Å². The van der Waals surface area contributed by atoms with E-state index in [0.717, 1.165) is 24.8 Å². The molecule has 9 nitrogen and oxygen atoms in total. The van der Waals surface area contributed by atoms with Crippen molar-refractivity contribution in [3.05, 3.63) is 61.5 Å². The molecule has 0 saturated carbocycles. The highest BCUT2D eigenvalue weighted by atomic mass is 35.5. The molecule has 180 valence electrons. The molecule has 0 spiro atoms. The second-order valence-corrected chi connectivity index (χ2v) is 8.54. The number of ether oxygens (including phenoxy) is 2. The van der Waals surface area contributed by atoms with E-state index in [4.69, 9.17) is 26.2 Å². The third kappa shape index (κ3) is 5.26. The van der Waals surface area contributed by atoms with E-state index in [1.165, 1.54) is 9.13 Å². The van der Waals surface area contributed by atoms with Crippen molar-refractivity contribution in [3.8, 4) is 11.8 Å². The zero-order valence-corrected chi connectivity index (χ0v) is 19.8. The summed E-state index contributed by atoms with van der Waals surface area (Å²) in [6, 6.07) is 7.23. The topological polar surface area (TPSA) is 101 Å². The Morgan fingerprint density at radius 2 is 2.03 bits per heavy atom. The predicted octanol–water partition coefficient (Wildman–Crippen LogP) is 1.88.